The van der Waals surface area contributed by atoms with Gasteiger partial charge in [-0.1, -0.05) is 74.0 Å². The molecule has 1 fully saturated rings. The van der Waals surface area contributed by atoms with E-state index in [9.17, 15) is 9.59 Å². The SMILES string of the molecule is COc1ccc(N(C(=O)Cc2c[nH]c3ccccc23)C(C(=O)CC2CCCCC2)c2ccc(Cl)cc2)cc1OC. The van der Waals surface area contributed by atoms with Gasteiger partial charge < -0.3 is 14.5 Å². The van der Waals surface area contributed by atoms with E-state index in [-0.39, 0.29) is 18.1 Å². The molecular formula is C33H35ClN2O4. The molecule has 208 valence electrons. The smallest absolute Gasteiger partial charge is 0.232 e. The maximum absolute atomic E-state index is 14.3. The predicted octanol–water partition coefficient (Wildman–Crippen LogP) is 7.70. The lowest BCUT2D eigenvalue weighted by molar-refractivity contribution is -0.125. The second-order valence-corrected chi connectivity index (χ2v) is 10.9. The molecule has 6 nitrogen and oxygen atoms in total. The van der Waals surface area contributed by atoms with E-state index in [2.05, 4.69) is 4.98 Å². The van der Waals surface area contributed by atoms with Crippen LogP contribution in [-0.4, -0.2) is 30.9 Å². The van der Waals surface area contributed by atoms with Crippen molar-refractivity contribution in [2.75, 3.05) is 19.1 Å². The number of anilines is 1. The first kappa shape index (κ1) is 27.8. The lowest BCUT2D eigenvalue weighted by atomic mass is 9.83. The van der Waals surface area contributed by atoms with E-state index in [1.54, 1.807) is 43.4 Å². The third-order valence-electron chi connectivity index (χ3n) is 7.89. The minimum absolute atomic E-state index is 0.0243. The van der Waals surface area contributed by atoms with Crippen molar-refractivity contribution in [3.8, 4) is 11.5 Å². The molecule has 1 amide bonds. The predicted molar refractivity (Wildman–Crippen MR) is 159 cm³/mol. The molecule has 1 unspecified atom stereocenters. The van der Waals surface area contributed by atoms with Crippen LogP contribution in [0.3, 0.4) is 0 Å². The summed E-state index contributed by atoms with van der Waals surface area (Å²) >= 11 is 6.23. The fourth-order valence-electron chi connectivity index (χ4n) is 5.85. The summed E-state index contributed by atoms with van der Waals surface area (Å²) < 4.78 is 11.0. The number of para-hydroxylation sites is 1. The topological polar surface area (TPSA) is 71.6 Å². The fourth-order valence-corrected chi connectivity index (χ4v) is 5.98. The third-order valence-corrected chi connectivity index (χ3v) is 8.15. The molecule has 1 aliphatic carbocycles. The molecule has 1 N–H and O–H groups in total. The molecule has 0 radical (unpaired) electrons. The normalized spacial score (nSPS) is 14.6. The standard InChI is InChI=1S/C33H35ClN2O4/c1-39-30-17-16-26(20-31(30)40-2)36(32(38)19-24-21-35-28-11-7-6-10-27(24)28)33(23-12-14-25(34)15-13-23)29(37)18-22-8-4-3-5-9-22/h6-7,10-17,20-22,33,35H,3-5,8-9,18-19H2,1-2H3. The van der Waals surface area contributed by atoms with Gasteiger partial charge >= 0.3 is 0 Å². The Labute approximate surface area is 240 Å². The summed E-state index contributed by atoms with van der Waals surface area (Å²) in [6.07, 6.45) is 8.00. The highest BCUT2D eigenvalue weighted by Crippen LogP contribution is 2.38. The summed E-state index contributed by atoms with van der Waals surface area (Å²) in [5.41, 5.74) is 3.14. The highest BCUT2D eigenvalue weighted by molar-refractivity contribution is 6.30. The summed E-state index contributed by atoms with van der Waals surface area (Å²) in [6, 6.07) is 19.7. The van der Waals surface area contributed by atoms with Gasteiger partial charge in [-0.05, 0) is 47.4 Å². The maximum atomic E-state index is 14.3. The molecule has 1 aliphatic rings. The number of carbonyl (C=O) groups is 2. The zero-order valence-electron chi connectivity index (χ0n) is 23.0. The minimum Gasteiger partial charge on any atom is -0.493 e. The lowest BCUT2D eigenvalue weighted by Crippen LogP contribution is -2.40. The number of nitrogens with zero attached hydrogens (tertiary/aromatic N) is 1. The monoisotopic (exact) mass is 558 g/mol. The van der Waals surface area contributed by atoms with Crippen molar-refractivity contribution in [3.63, 3.8) is 0 Å². The Kier molecular flexibility index (Phi) is 8.75. The molecule has 4 aromatic rings. The van der Waals surface area contributed by atoms with E-state index in [4.69, 9.17) is 21.1 Å². The van der Waals surface area contributed by atoms with Gasteiger partial charge in [0.2, 0.25) is 5.91 Å². The van der Waals surface area contributed by atoms with Crippen LogP contribution < -0.4 is 14.4 Å². The van der Waals surface area contributed by atoms with Crippen molar-refractivity contribution in [1.29, 1.82) is 0 Å². The van der Waals surface area contributed by atoms with Crippen LogP contribution in [0.25, 0.3) is 10.9 Å². The van der Waals surface area contributed by atoms with Gasteiger partial charge in [-0.15, -0.1) is 0 Å². The maximum Gasteiger partial charge on any atom is 0.232 e. The summed E-state index contributed by atoms with van der Waals surface area (Å²) in [5.74, 6) is 1.20. The van der Waals surface area contributed by atoms with Gasteiger partial charge in [-0.3, -0.25) is 14.5 Å². The fraction of sp³-hybridized carbons (Fsp3) is 0.333. The van der Waals surface area contributed by atoms with Crippen LogP contribution in [0.5, 0.6) is 11.5 Å². The van der Waals surface area contributed by atoms with Gasteiger partial charge in [-0.2, -0.15) is 0 Å². The first-order valence-electron chi connectivity index (χ1n) is 13.9. The average molecular weight is 559 g/mol. The molecule has 40 heavy (non-hydrogen) atoms. The number of H-pyrrole nitrogens is 1. The van der Waals surface area contributed by atoms with Gasteiger partial charge in [0, 0.05) is 40.3 Å². The molecule has 7 heteroatoms. The molecule has 0 aliphatic heterocycles. The van der Waals surface area contributed by atoms with Crippen molar-refractivity contribution >= 4 is 39.9 Å². The highest BCUT2D eigenvalue weighted by Gasteiger charge is 2.34. The number of amides is 1. The average Bonchev–Trinajstić information content (AvgIpc) is 3.39. The first-order chi connectivity index (χ1) is 19.5. The van der Waals surface area contributed by atoms with Gasteiger partial charge in [0.1, 0.15) is 6.04 Å². The Morgan fingerprint density at radius 3 is 2.40 bits per heavy atom. The quantitative estimate of drug-likeness (QED) is 0.216. The number of benzene rings is 3. The van der Waals surface area contributed by atoms with Crippen molar-refractivity contribution in [3.05, 3.63) is 89.1 Å². The second kappa shape index (κ2) is 12.6. The van der Waals surface area contributed by atoms with Crippen molar-refractivity contribution in [1.82, 2.24) is 4.98 Å². The molecule has 0 bridgehead atoms. The summed E-state index contributed by atoms with van der Waals surface area (Å²) in [4.78, 5) is 33.5. The van der Waals surface area contributed by atoms with E-state index < -0.39 is 6.04 Å². The Balaban J connectivity index is 1.60. The second-order valence-electron chi connectivity index (χ2n) is 10.5. The number of hydrogen-bond donors (Lipinski definition) is 1. The number of methoxy groups -OCH3 is 2. The summed E-state index contributed by atoms with van der Waals surface area (Å²) in [6.45, 7) is 0. The van der Waals surface area contributed by atoms with Crippen LogP contribution in [0.2, 0.25) is 5.02 Å². The van der Waals surface area contributed by atoms with E-state index in [0.717, 1.165) is 47.7 Å². The number of halogens is 1. The number of carbonyl (C=O) groups excluding carboxylic acids is 2. The lowest BCUT2D eigenvalue weighted by Gasteiger charge is -2.33. The van der Waals surface area contributed by atoms with Crippen LogP contribution in [0.1, 0.15) is 55.7 Å². The highest BCUT2D eigenvalue weighted by atomic mass is 35.5. The van der Waals surface area contributed by atoms with Crippen LogP contribution >= 0.6 is 11.6 Å². The van der Waals surface area contributed by atoms with E-state index in [1.165, 1.54) is 6.42 Å². The molecule has 0 spiro atoms. The number of fused-ring (bicyclic) bond motifs is 1. The van der Waals surface area contributed by atoms with Gasteiger partial charge in [0.05, 0.1) is 20.6 Å². The summed E-state index contributed by atoms with van der Waals surface area (Å²) in [7, 11) is 3.13. The molecule has 1 atom stereocenters. The zero-order chi connectivity index (χ0) is 28.1. The molecule has 1 aromatic heterocycles. The summed E-state index contributed by atoms with van der Waals surface area (Å²) in [5, 5.41) is 1.56. The van der Waals surface area contributed by atoms with E-state index in [1.807, 2.05) is 48.7 Å². The Morgan fingerprint density at radius 2 is 1.68 bits per heavy atom. The Bertz CT molecular complexity index is 1470. The van der Waals surface area contributed by atoms with Crippen molar-refractivity contribution < 1.29 is 19.1 Å². The number of Topliss-reactive ketones (excluding diaryl/α,β-unsaturated/α-hetero) is 1. The van der Waals surface area contributed by atoms with Gasteiger partial charge in [-0.25, -0.2) is 0 Å². The number of aromatic nitrogens is 1. The zero-order valence-corrected chi connectivity index (χ0v) is 23.7. The molecule has 3 aromatic carbocycles. The van der Waals surface area contributed by atoms with E-state index in [0.29, 0.717) is 34.5 Å². The van der Waals surface area contributed by atoms with Crippen LogP contribution in [0.4, 0.5) is 5.69 Å². The third kappa shape index (κ3) is 6.02. The largest absolute Gasteiger partial charge is 0.493 e. The molecular weight excluding hydrogens is 524 g/mol. The molecule has 1 heterocycles. The minimum atomic E-state index is -0.810. The number of rotatable bonds is 10. The molecule has 0 saturated heterocycles. The number of ketones is 1. The van der Waals surface area contributed by atoms with Gasteiger partial charge in [0.25, 0.3) is 0 Å². The van der Waals surface area contributed by atoms with Crippen LogP contribution in [0, 0.1) is 5.92 Å². The number of nitrogens with one attached hydrogen (secondary N) is 1. The van der Waals surface area contributed by atoms with E-state index >= 15 is 0 Å². The number of aromatic amines is 1. The number of ether oxygens (including phenoxy) is 2. The first-order valence-corrected chi connectivity index (χ1v) is 14.2. The Morgan fingerprint density at radius 1 is 0.950 bits per heavy atom. The molecule has 1 saturated carbocycles. The Hall–Kier alpha value is -3.77. The van der Waals surface area contributed by atoms with Gasteiger partial charge in [0.15, 0.2) is 17.3 Å². The van der Waals surface area contributed by atoms with Crippen molar-refractivity contribution in [2.24, 2.45) is 5.92 Å². The number of hydrogen-bond acceptors (Lipinski definition) is 4. The molecule has 5 rings (SSSR count). The van der Waals surface area contributed by atoms with Crippen LogP contribution in [-0.2, 0) is 16.0 Å². The van der Waals surface area contributed by atoms with Crippen LogP contribution in [0.15, 0.2) is 72.9 Å². The van der Waals surface area contributed by atoms with Crippen molar-refractivity contribution in [2.45, 2.75) is 51.0 Å².